The van der Waals surface area contributed by atoms with Gasteiger partial charge in [-0.05, 0) is 0 Å². The number of carbonyl (C=O) groups excluding carboxylic acids is 1. The molecule has 0 bridgehead atoms. The quantitative estimate of drug-likeness (QED) is 0.885. The molecule has 2 rings (SSSR count). The van der Waals surface area contributed by atoms with Crippen molar-refractivity contribution in [3.8, 4) is 0 Å². The Kier molecular flexibility index (Phi) is 3.95. The molecule has 0 fully saturated rings. The second-order valence-corrected chi connectivity index (χ2v) is 5.47. The summed E-state index contributed by atoms with van der Waals surface area (Å²) in [5, 5.41) is 18.9. The van der Waals surface area contributed by atoms with Crippen LogP contribution in [0, 0.1) is 5.92 Å². The van der Waals surface area contributed by atoms with Crippen LogP contribution < -0.4 is 0 Å². The molecule has 0 aromatic heterocycles. The molecule has 1 aromatic rings. The Labute approximate surface area is 115 Å². The number of allylic oxidation sites excluding steroid dienone is 1. The third-order valence-corrected chi connectivity index (χ3v) is 4.31. The summed E-state index contributed by atoms with van der Waals surface area (Å²) in [5.41, 5.74) is 1.05. The summed E-state index contributed by atoms with van der Waals surface area (Å²) in [7, 11) is 0. The first-order valence-electron chi connectivity index (χ1n) is 5.93. The van der Waals surface area contributed by atoms with Crippen LogP contribution in [-0.4, -0.2) is 27.7 Å². The molecule has 0 saturated heterocycles. The molecule has 0 radical (unpaired) electrons. The number of thioether (sulfide) groups is 1. The van der Waals surface area contributed by atoms with E-state index in [0.29, 0.717) is 21.8 Å². The number of Topliss-reactive ketones (excluding diaryl/α,β-unsaturated/α-hetero) is 1. The van der Waals surface area contributed by atoms with Crippen LogP contribution in [0.5, 0.6) is 0 Å². The first-order valence-corrected chi connectivity index (χ1v) is 6.92. The van der Waals surface area contributed by atoms with Crippen molar-refractivity contribution in [2.75, 3.05) is 5.75 Å². The zero-order valence-electron chi connectivity index (χ0n) is 10.4. The normalized spacial score (nSPS) is 18.4. The molecule has 0 amide bonds. The number of rotatable bonds is 4. The molecular formula is C14H14O4S. The van der Waals surface area contributed by atoms with Gasteiger partial charge in [-0.25, -0.2) is 0 Å². The van der Waals surface area contributed by atoms with E-state index < -0.39 is 11.9 Å². The predicted molar refractivity (Wildman–Crippen MR) is 74.2 cm³/mol. The maximum atomic E-state index is 12.2. The standard InChI is InChI=1S/C14H14O4S/c1-8-12(17)9-4-2-3-5-10(9)13(18)14(8)19-7-6-11(15)16/h2-5,8,18H,6-7H2,1H3,(H,15,16). The minimum absolute atomic E-state index is 0.00397. The van der Waals surface area contributed by atoms with Gasteiger partial charge in [0, 0.05) is 21.8 Å². The van der Waals surface area contributed by atoms with Crippen LogP contribution in [0.15, 0.2) is 29.2 Å². The Balaban J connectivity index is 2.31. The average molecular weight is 278 g/mol. The van der Waals surface area contributed by atoms with E-state index in [1.165, 1.54) is 11.8 Å². The first-order chi connectivity index (χ1) is 9.02. The highest BCUT2D eigenvalue weighted by molar-refractivity contribution is 8.03. The van der Waals surface area contributed by atoms with Crippen molar-refractivity contribution in [3.63, 3.8) is 0 Å². The summed E-state index contributed by atoms with van der Waals surface area (Å²) in [5.74, 6) is -0.907. The Bertz CT molecular complexity index is 562. The van der Waals surface area contributed by atoms with Gasteiger partial charge in [0.25, 0.3) is 0 Å². The first kappa shape index (κ1) is 13.7. The number of carboxylic acids is 1. The van der Waals surface area contributed by atoms with Gasteiger partial charge < -0.3 is 10.2 Å². The number of aliphatic carboxylic acids is 1. The van der Waals surface area contributed by atoms with Gasteiger partial charge in [0.1, 0.15) is 5.76 Å². The molecule has 1 atom stereocenters. The maximum absolute atomic E-state index is 12.2. The molecular weight excluding hydrogens is 264 g/mol. The van der Waals surface area contributed by atoms with Crippen LogP contribution in [0.25, 0.3) is 5.76 Å². The van der Waals surface area contributed by atoms with Crippen molar-refractivity contribution in [2.24, 2.45) is 5.92 Å². The summed E-state index contributed by atoms with van der Waals surface area (Å²) in [6.07, 6.45) is 0.00397. The van der Waals surface area contributed by atoms with Crippen molar-refractivity contribution in [3.05, 3.63) is 40.3 Å². The highest BCUT2D eigenvalue weighted by atomic mass is 32.2. The largest absolute Gasteiger partial charge is 0.506 e. The molecule has 0 spiro atoms. The number of ketones is 1. The average Bonchev–Trinajstić information content (AvgIpc) is 2.40. The second-order valence-electron chi connectivity index (χ2n) is 4.34. The molecule has 1 aliphatic carbocycles. The Morgan fingerprint density at radius 1 is 1.32 bits per heavy atom. The zero-order valence-corrected chi connectivity index (χ0v) is 11.2. The van der Waals surface area contributed by atoms with E-state index in [4.69, 9.17) is 5.11 Å². The minimum Gasteiger partial charge on any atom is -0.506 e. The van der Waals surface area contributed by atoms with Crippen LogP contribution in [-0.2, 0) is 4.79 Å². The van der Waals surface area contributed by atoms with E-state index in [0.717, 1.165) is 0 Å². The highest BCUT2D eigenvalue weighted by Crippen LogP contribution is 2.39. The molecule has 0 aliphatic heterocycles. The Morgan fingerprint density at radius 3 is 2.58 bits per heavy atom. The fourth-order valence-corrected chi connectivity index (χ4v) is 3.14. The third-order valence-electron chi connectivity index (χ3n) is 3.04. The maximum Gasteiger partial charge on any atom is 0.304 e. The van der Waals surface area contributed by atoms with Gasteiger partial charge in [-0.1, -0.05) is 31.2 Å². The Hall–Kier alpha value is -1.75. The van der Waals surface area contributed by atoms with Crippen LogP contribution in [0.4, 0.5) is 0 Å². The summed E-state index contributed by atoms with van der Waals surface area (Å²) in [4.78, 5) is 23.3. The lowest BCUT2D eigenvalue weighted by molar-refractivity contribution is -0.136. The fraction of sp³-hybridized carbons (Fsp3) is 0.286. The number of benzene rings is 1. The number of aliphatic hydroxyl groups is 1. The van der Waals surface area contributed by atoms with E-state index in [9.17, 15) is 14.7 Å². The number of carboxylic acid groups (broad SMARTS) is 1. The van der Waals surface area contributed by atoms with Crippen molar-refractivity contribution in [1.29, 1.82) is 0 Å². The molecule has 0 saturated carbocycles. The molecule has 1 unspecified atom stereocenters. The lowest BCUT2D eigenvalue weighted by atomic mass is 9.88. The molecule has 5 heteroatoms. The van der Waals surface area contributed by atoms with Gasteiger partial charge in [-0.2, -0.15) is 0 Å². The lowest BCUT2D eigenvalue weighted by Gasteiger charge is -2.23. The molecule has 100 valence electrons. The van der Waals surface area contributed by atoms with Crippen molar-refractivity contribution >= 4 is 29.3 Å². The number of hydrogen-bond acceptors (Lipinski definition) is 4. The van der Waals surface area contributed by atoms with E-state index in [-0.39, 0.29) is 18.0 Å². The molecule has 0 heterocycles. The van der Waals surface area contributed by atoms with Gasteiger partial charge in [0.2, 0.25) is 0 Å². The molecule has 19 heavy (non-hydrogen) atoms. The monoisotopic (exact) mass is 278 g/mol. The lowest BCUT2D eigenvalue weighted by Crippen LogP contribution is -2.20. The summed E-state index contributed by atoms with van der Waals surface area (Å²) < 4.78 is 0. The van der Waals surface area contributed by atoms with Crippen LogP contribution in [0.2, 0.25) is 0 Å². The van der Waals surface area contributed by atoms with E-state index in [1.54, 1.807) is 31.2 Å². The predicted octanol–water partition coefficient (Wildman–Crippen LogP) is 2.95. The van der Waals surface area contributed by atoms with Crippen LogP contribution in [0.1, 0.15) is 29.3 Å². The van der Waals surface area contributed by atoms with Crippen molar-refractivity contribution < 1.29 is 19.8 Å². The second kappa shape index (κ2) is 5.48. The van der Waals surface area contributed by atoms with Crippen molar-refractivity contribution in [2.45, 2.75) is 13.3 Å². The molecule has 2 N–H and O–H groups in total. The van der Waals surface area contributed by atoms with Gasteiger partial charge in [0.15, 0.2) is 5.78 Å². The number of aliphatic hydroxyl groups excluding tert-OH is 1. The van der Waals surface area contributed by atoms with Gasteiger partial charge in [0.05, 0.1) is 12.3 Å². The number of carbonyl (C=O) groups is 2. The fourth-order valence-electron chi connectivity index (χ4n) is 2.04. The summed E-state index contributed by atoms with van der Waals surface area (Å²) in [6, 6.07) is 6.92. The zero-order chi connectivity index (χ0) is 14.0. The minimum atomic E-state index is -0.886. The van der Waals surface area contributed by atoms with Crippen LogP contribution in [0.3, 0.4) is 0 Å². The molecule has 1 aromatic carbocycles. The van der Waals surface area contributed by atoms with Crippen LogP contribution >= 0.6 is 11.8 Å². The van der Waals surface area contributed by atoms with E-state index in [1.807, 2.05) is 0 Å². The van der Waals surface area contributed by atoms with Gasteiger partial charge in [-0.15, -0.1) is 11.8 Å². The van der Waals surface area contributed by atoms with Gasteiger partial charge >= 0.3 is 5.97 Å². The molecule has 1 aliphatic rings. The van der Waals surface area contributed by atoms with E-state index in [2.05, 4.69) is 0 Å². The topological polar surface area (TPSA) is 74.6 Å². The third kappa shape index (κ3) is 2.66. The SMILES string of the molecule is CC1C(=O)c2ccccc2C(O)=C1SCCC(=O)O. The highest BCUT2D eigenvalue weighted by Gasteiger charge is 2.31. The van der Waals surface area contributed by atoms with E-state index >= 15 is 0 Å². The summed E-state index contributed by atoms with van der Waals surface area (Å²) >= 11 is 1.24. The Morgan fingerprint density at radius 2 is 1.95 bits per heavy atom. The van der Waals surface area contributed by atoms with Crippen molar-refractivity contribution in [1.82, 2.24) is 0 Å². The summed E-state index contributed by atoms with van der Waals surface area (Å²) in [6.45, 7) is 1.73. The smallest absolute Gasteiger partial charge is 0.304 e. The van der Waals surface area contributed by atoms with Gasteiger partial charge in [-0.3, -0.25) is 9.59 Å². The number of hydrogen-bond donors (Lipinski definition) is 2. The number of fused-ring (bicyclic) bond motifs is 1. The molecule has 4 nitrogen and oxygen atoms in total.